The summed E-state index contributed by atoms with van der Waals surface area (Å²) in [5, 5.41) is 18.1. The van der Waals surface area contributed by atoms with Crippen LogP contribution in [0.1, 0.15) is 64.7 Å². The molecule has 0 aromatic heterocycles. The van der Waals surface area contributed by atoms with Gasteiger partial charge in [0.05, 0.1) is 6.10 Å². The number of carbonyl (C=O) groups is 1. The monoisotopic (exact) mass is 294 g/mol. The summed E-state index contributed by atoms with van der Waals surface area (Å²) in [6, 6.07) is 0. The fraction of sp³-hybridized carbons (Fsp3) is 0.611. The predicted molar refractivity (Wildman–Crippen MR) is 88.3 cm³/mol. The van der Waals surface area contributed by atoms with Gasteiger partial charge in [-0.25, -0.2) is 0 Å². The van der Waals surface area contributed by atoms with Gasteiger partial charge in [0, 0.05) is 6.42 Å². The highest BCUT2D eigenvalue weighted by atomic mass is 16.4. The van der Waals surface area contributed by atoms with Crippen LogP contribution in [-0.2, 0) is 4.79 Å². The summed E-state index contributed by atoms with van der Waals surface area (Å²) in [5.74, 6) is -0.697. The van der Waals surface area contributed by atoms with E-state index in [1.165, 1.54) is 0 Å². The molecular weight excluding hydrogens is 264 g/mol. The van der Waals surface area contributed by atoms with Crippen molar-refractivity contribution in [3.63, 3.8) is 0 Å². The van der Waals surface area contributed by atoms with Crippen molar-refractivity contribution in [3.8, 4) is 0 Å². The number of rotatable bonds is 13. The van der Waals surface area contributed by atoms with E-state index < -0.39 is 12.1 Å². The number of unbranched alkanes of at least 4 members (excludes halogenated alkanes) is 5. The molecule has 1 atom stereocenters. The summed E-state index contributed by atoms with van der Waals surface area (Å²) in [7, 11) is 0. The molecule has 21 heavy (non-hydrogen) atoms. The molecule has 1 unspecified atom stereocenters. The number of hydrogen-bond donors (Lipinski definition) is 2. The van der Waals surface area contributed by atoms with Crippen LogP contribution < -0.4 is 0 Å². The molecule has 0 rings (SSSR count). The molecule has 0 saturated heterocycles. The molecule has 0 aliphatic heterocycles. The lowest BCUT2D eigenvalue weighted by Gasteiger charge is -1.99. The molecule has 0 radical (unpaired) electrons. The summed E-state index contributed by atoms with van der Waals surface area (Å²) in [5.41, 5.74) is 0. The number of hydrogen-bond acceptors (Lipinski definition) is 2. The van der Waals surface area contributed by atoms with E-state index in [1.807, 2.05) is 24.3 Å². The Hall–Kier alpha value is -1.35. The second kappa shape index (κ2) is 15.0. The molecule has 0 spiro atoms. The maximum atomic E-state index is 10.3. The van der Waals surface area contributed by atoms with Gasteiger partial charge in [0.25, 0.3) is 0 Å². The number of carboxylic acids is 1. The van der Waals surface area contributed by atoms with Gasteiger partial charge in [-0.1, -0.05) is 62.6 Å². The summed E-state index contributed by atoms with van der Waals surface area (Å²) in [6.45, 7) is 2.08. The van der Waals surface area contributed by atoms with Crippen molar-refractivity contribution in [1.82, 2.24) is 0 Å². The molecule has 0 aromatic carbocycles. The zero-order chi connectivity index (χ0) is 15.8. The third-order valence-corrected chi connectivity index (χ3v) is 3.12. The maximum Gasteiger partial charge on any atom is 0.303 e. The van der Waals surface area contributed by atoms with E-state index in [1.54, 1.807) is 0 Å². The first-order chi connectivity index (χ1) is 10.2. The molecular formula is C18H30O3. The summed E-state index contributed by atoms with van der Waals surface area (Å²) in [4.78, 5) is 10.3. The lowest BCUT2D eigenvalue weighted by Crippen LogP contribution is -1.98. The van der Waals surface area contributed by atoms with Gasteiger partial charge in [-0.3, -0.25) is 4.79 Å². The first kappa shape index (κ1) is 19.7. The summed E-state index contributed by atoms with van der Waals surface area (Å²) in [6.07, 6.45) is 19.7. The minimum Gasteiger partial charge on any atom is -0.481 e. The van der Waals surface area contributed by atoms with E-state index in [9.17, 15) is 9.90 Å². The van der Waals surface area contributed by atoms with Gasteiger partial charge in [-0.05, 0) is 32.1 Å². The second-order valence-electron chi connectivity index (χ2n) is 5.20. The first-order valence-corrected chi connectivity index (χ1v) is 8.05. The average molecular weight is 294 g/mol. The molecule has 3 nitrogen and oxygen atoms in total. The van der Waals surface area contributed by atoms with Crippen LogP contribution in [0.5, 0.6) is 0 Å². The zero-order valence-electron chi connectivity index (χ0n) is 13.2. The van der Waals surface area contributed by atoms with E-state index in [0.717, 1.165) is 44.9 Å². The molecule has 0 heterocycles. The number of carboxylic acid groups (broad SMARTS) is 1. The third-order valence-electron chi connectivity index (χ3n) is 3.12. The average Bonchev–Trinajstić information content (AvgIpc) is 2.44. The largest absolute Gasteiger partial charge is 0.481 e. The van der Waals surface area contributed by atoms with E-state index >= 15 is 0 Å². The Balaban J connectivity index is 3.43. The van der Waals surface area contributed by atoms with E-state index in [-0.39, 0.29) is 0 Å². The zero-order valence-corrected chi connectivity index (χ0v) is 13.2. The lowest BCUT2D eigenvalue weighted by atomic mass is 10.1. The van der Waals surface area contributed by atoms with Crippen LogP contribution in [0.15, 0.2) is 36.5 Å². The third kappa shape index (κ3) is 16.6. The second-order valence-corrected chi connectivity index (χ2v) is 5.20. The van der Waals surface area contributed by atoms with Crippen LogP contribution in [0.4, 0.5) is 0 Å². The highest BCUT2D eigenvalue weighted by molar-refractivity contribution is 5.66. The standard InChI is InChI=1S/C18H30O3/c1-2-3-11-14-17(19)15-12-9-7-5-4-6-8-10-13-16-18(20)21/h3,7,9,11-12,15,17,19H,2,4-6,8,10,13-14,16H2,1H3,(H,20,21)/b9-7-,11-3-,15-12-. The Labute approximate surface area is 129 Å². The molecule has 0 aliphatic rings. The van der Waals surface area contributed by atoms with Gasteiger partial charge in [0.15, 0.2) is 0 Å². The Kier molecular flexibility index (Phi) is 14.1. The normalized spacial score (nSPS) is 13.6. The summed E-state index contributed by atoms with van der Waals surface area (Å²) < 4.78 is 0. The molecule has 0 aliphatic carbocycles. The van der Waals surface area contributed by atoms with Crippen molar-refractivity contribution >= 4 is 5.97 Å². The SMILES string of the molecule is CC/C=C\CC(O)/C=C\C=C/CCCCCCCC(=O)O. The fourth-order valence-electron chi connectivity index (χ4n) is 1.92. The maximum absolute atomic E-state index is 10.3. The topological polar surface area (TPSA) is 57.5 Å². The van der Waals surface area contributed by atoms with Crippen LogP contribution >= 0.6 is 0 Å². The Morgan fingerprint density at radius 2 is 1.71 bits per heavy atom. The van der Waals surface area contributed by atoms with Crippen molar-refractivity contribution in [2.75, 3.05) is 0 Å². The number of aliphatic hydroxyl groups is 1. The van der Waals surface area contributed by atoms with Crippen LogP contribution in [0.25, 0.3) is 0 Å². The van der Waals surface area contributed by atoms with Crippen LogP contribution in [-0.4, -0.2) is 22.3 Å². The van der Waals surface area contributed by atoms with E-state index in [4.69, 9.17) is 5.11 Å². The van der Waals surface area contributed by atoms with Crippen molar-refractivity contribution in [1.29, 1.82) is 0 Å². The van der Waals surface area contributed by atoms with Gasteiger partial charge < -0.3 is 10.2 Å². The minimum atomic E-state index is -0.697. The van der Waals surface area contributed by atoms with Crippen molar-refractivity contribution in [2.24, 2.45) is 0 Å². The lowest BCUT2D eigenvalue weighted by molar-refractivity contribution is -0.137. The molecule has 120 valence electrons. The Morgan fingerprint density at radius 1 is 1.00 bits per heavy atom. The highest BCUT2D eigenvalue weighted by Crippen LogP contribution is 2.07. The smallest absolute Gasteiger partial charge is 0.303 e. The van der Waals surface area contributed by atoms with Gasteiger partial charge >= 0.3 is 5.97 Å². The van der Waals surface area contributed by atoms with E-state index in [0.29, 0.717) is 12.8 Å². The number of aliphatic carboxylic acids is 1. The minimum absolute atomic E-state index is 0.292. The van der Waals surface area contributed by atoms with Gasteiger partial charge in [0.2, 0.25) is 0 Å². The molecule has 0 saturated carbocycles. The van der Waals surface area contributed by atoms with Crippen molar-refractivity contribution in [3.05, 3.63) is 36.5 Å². The van der Waals surface area contributed by atoms with Gasteiger partial charge in [0.1, 0.15) is 0 Å². The van der Waals surface area contributed by atoms with E-state index in [2.05, 4.69) is 19.1 Å². The molecule has 2 N–H and O–H groups in total. The Morgan fingerprint density at radius 3 is 2.43 bits per heavy atom. The molecule has 0 amide bonds. The molecule has 0 fully saturated rings. The van der Waals surface area contributed by atoms with Gasteiger partial charge in [-0.15, -0.1) is 0 Å². The Bertz CT molecular complexity index is 329. The van der Waals surface area contributed by atoms with Gasteiger partial charge in [-0.2, -0.15) is 0 Å². The quantitative estimate of drug-likeness (QED) is 0.296. The van der Waals surface area contributed by atoms with Crippen molar-refractivity contribution in [2.45, 2.75) is 70.8 Å². The molecule has 0 aromatic rings. The van der Waals surface area contributed by atoms with Crippen molar-refractivity contribution < 1.29 is 15.0 Å². The highest BCUT2D eigenvalue weighted by Gasteiger charge is 1.96. The number of aliphatic hydroxyl groups excluding tert-OH is 1. The molecule has 0 bridgehead atoms. The first-order valence-electron chi connectivity index (χ1n) is 8.05. The number of allylic oxidation sites excluding steroid dienone is 4. The molecule has 3 heteroatoms. The van der Waals surface area contributed by atoms with Crippen LogP contribution in [0.2, 0.25) is 0 Å². The van der Waals surface area contributed by atoms with Crippen LogP contribution in [0.3, 0.4) is 0 Å². The predicted octanol–water partition coefficient (Wildman–Crippen LogP) is 4.63. The fourth-order valence-corrected chi connectivity index (χ4v) is 1.92. The van der Waals surface area contributed by atoms with Crippen LogP contribution in [0, 0.1) is 0 Å². The summed E-state index contributed by atoms with van der Waals surface area (Å²) >= 11 is 0.